The summed E-state index contributed by atoms with van der Waals surface area (Å²) < 4.78 is 0. The van der Waals surface area contributed by atoms with Crippen LogP contribution in [0.15, 0.2) is 71.8 Å². The molecule has 0 radical (unpaired) electrons. The second-order valence-corrected chi connectivity index (χ2v) is 7.16. The molecule has 0 fully saturated rings. The predicted octanol–water partition coefficient (Wildman–Crippen LogP) is 4.30. The molecule has 0 aromatic heterocycles. The summed E-state index contributed by atoms with van der Waals surface area (Å²) in [5.74, 6) is 0.161. The molecule has 136 valence electrons. The molecule has 1 aliphatic heterocycles. The van der Waals surface area contributed by atoms with Crippen LogP contribution in [0, 0.1) is 0 Å². The van der Waals surface area contributed by atoms with Crippen LogP contribution in [0.25, 0.3) is 0 Å². The van der Waals surface area contributed by atoms with Gasteiger partial charge in [-0.05, 0) is 50.3 Å². The molecule has 0 bridgehead atoms. The first-order valence-electron chi connectivity index (χ1n) is 9.39. The maximum absolute atomic E-state index is 12.8. The molecule has 0 spiro atoms. The first-order chi connectivity index (χ1) is 12.6. The van der Waals surface area contributed by atoms with Gasteiger partial charge in [0, 0.05) is 18.2 Å². The van der Waals surface area contributed by atoms with Gasteiger partial charge in [-0.25, -0.2) is 0 Å². The first-order valence-corrected chi connectivity index (χ1v) is 9.39. The molecule has 3 rings (SSSR count). The second-order valence-electron chi connectivity index (χ2n) is 7.16. The smallest absolute Gasteiger partial charge is 0.251 e. The van der Waals surface area contributed by atoms with Gasteiger partial charge in [0.1, 0.15) is 6.17 Å². The van der Waals surface area contributed by atoms with Gasteiger partial charge in [-0.1, -0.05) is 60.7 Å². The van der Waals surface area contributed by atoms with Gasteiger partial charge in [-0.3, -0.25) is 10.1 Å². The highest BCUT2D eigenvalue weighted by Crippen LogP contribution is 2.27. The van der Waals surface area contributed by atoms with E-state index in [1.54, 1.807) is 0 Å². The van der Waals surface area contributed by atoms with E-state index in [0.717, 1.165) is 30.5 Å². The Morgan fingerprint density at radius 3 is 2.15 bits per heavy atom. The Bertz CT molecular complexity index is 767. The number of carbonyl (C=O) groups is 1. The lowest BCUT2D eigenvalue weighted by atomic mass is 10.0. The maximum Gasteiger partial charge on any atom is 0.251 e. The molecule has 1 amide bonds. The van der Waals surface area contributed by atoms with Crippen LogP contribution in [-0.4, -0.2) is 23.0 Å². The Morgan fingerprint density at radius 2 is 1.54 bits per heavy atom. The fraction of sp³-hybridized carbons (Fsp3) is 0.348. The van der Waals surface area contributed by atoms with Crippen molar-refractivity contribution in [2.24, 2.45) is 0 Å². The number of carbonyl (C=O) groups excluding carboxylic acids is 1. The molecule has 2 aromatic carbocycles. The van der Waals surface area contributed by atoms with Crippen LogP contribution in [0.5, 0.6) is 0 Å². The average Bonchev–Trinajstić information content (AvgIpc) is 2.90. The van der Waals surface area contributed by atoms with E-state index in [2.05, 4.69) is 55.6 Å². The maximum atomic E-state index is 12.8. The Kier molecular flexibility index (Phi) is 5.89. The van der Waals surface area contributed by atoms with Crippen molar-refractivity contribution in [2.75, 3.05) is 0 Å². The highest BCUT2D eigenvalue weighted by molar-refractivity contribution is 5.97. The van der Waals surface area contributed by atoms with E-state index in [9.17, 15) is 4.79 Å². The minimum atomic E-state index is -0.0199. The molecule has 0 aliphatic carbocycles. The van der Waals surface area contributed by atoms with Crippen molar-refractivity contribution < 1.29 is 4.79 Å². The molecule has 1 heterocycles. The van der Waals surface area contributed by atoms with Crippen molar-refractivity contribution in [3.05, 3.63) is 82.9 Å². The van der Waals surface area contributed by atoms with Gasteiger partial charge in [0.25, 0.3) is 5.91 Å². The average molecular weight is 348 g/mol. The molecule has 1 N–H and O–H groups in total. The molecule has 2 atom stereocenters. The van der Waals surface area contributed by atoms with Crippen molar-refractivity contribution in [2.45, 2.75) is 52.4 Å². The zero-order valence-corrected chi connectivity index (χ0v) is 15.9. The molecule has 1 aliphatic rings. The molecular weight excluding hydrogens is 320 g/mol. The van der Waals surface area contributed by atoms with Crippen LogP contribution in [0.3, 0.4) is 0 Å². The third-order valence-electron chi connectivity index (χ3n) is 5.35. The number of hydrogen-bond donors (Lipinski definition) is 1. The van der Waals surface area contributed by atoms with Gasteiger partial charge in [0.15, 0.2) is 0 Å². The van der Waals surface area contributed by atoms with Crippen molar-refractivity contribution in [3.8, 4) is 0 Å². The highest BCUT2D eigenvalue weighted by atomic mass is 16.2. The van der Waals surface area contributed by atoms with E-state index in [1.807, 2.05) is 36.1 Å². The fourth-order valence-corrected chi connectivity index (χ4v) is 3.57. The van der Waals surface area contributed by atoms with Crippen molar-refractivity contribution >= 4 is 5.91 Å². The molecule has 26 heavy (non-hydrogen) atoms. The zero-order valence-electron chi connectivity index (χ0n) is 15.9. The number of benzene rings is 2. The number of amides is 1. The van der Waals surface area contributed by atoms with E-state index in [4.69, 9.17) is 0 Å². The van der Waals surface area contributed by atoms with Gasteiger partial charge in [0.2, 0.25) is 0 Å². The lowest BCUT2D eigenvalue weighted by Gasteiger charge is -2.33. The SMILES string of the molecule is CC1=C(C)[C@H](NCc2ccccc2)N([C@@H](C)CCc2ccccc2)C1=O. The molecule has 2 aromatic rings. The van der Waals surface area contributed by atoms with Gasteiger partial charge < -0.3 is 4.90 Å². The topological polar surface area (TPSA) is 32.3 Å². The Morgan fingerprint density at radius 1 is 0.962 bits per heavy atom. The quantitative estimate of drug-likeness (QED) is 0.809. The minimum Gasteiger partial charge on any atom is -0.317 e. The minimum absolute atomic E-state index is 0.0199. The Labute approximate surface area is 156 Å². The fourth-order valence-electron chi connectivity index (χ4n) is 3.57. The third kappa shape index (κ3) is 4.05. The van der Waals surface area contributed by atoms with Gasteiger partial charge in [0.05, 0.1) is 0 Å². The number of aryl methyl sites for hydroxylation is 1. The summed E-state index contributed by atoms with van der Waals surface area (Å²) in [6.07, 6.45) is 1.92. The lowest BCUT2D eigenvalue weighted by Crippen LogP contribution is -2.49. The van der Waals surface area contributed by atoms with Crippen LogP contribution in [-0.2, 0) is 17.8 Å². The molecule has 3 heteroatoms. The van der Waals surface area contributed by atoms with Crippen LogP contribution < -0.4 is 5.32 Å². The molecular formula is C23H28N2O. The van der Waals surface area contributed by atoms with E-state index in [0.29, 0.717) is 0 Å². The Balaban J connectivity index is 1.67. The van der Waals surface area contributed by atoms with E-state index < -0.39 is 0 Å². The van der Waals surface area contributed by atoms with Gasteiger partial charge in [-0.2, -0.15) is 0 Å². The number of nitrogens with one attached hydrogen (secondary N) is 1. The van der Waals surface area contributed by atoms with Crippen molar-refractivity contribution in [3.63, 3.8) is 0 Å². The van der Waals surface area contributed by atoms with Crippen molar-refractivity contribution in [1.29, 1.82) is 0 Å². The van der Waals surface area contributed by atoms with Gasteiger partial charge >= 0.3 is 0 Å². The number of hydrogen-bond acceptors (Lipinski definition) is 2. The predicted molar refractivity (Wildman–Crippen MR) is 107 cm³/mol. The second kappa shape index (κ2) is 8.33. The third-order valence-corrected chi connectivity index (χ3v) is 5.35. The summed E-state index contributed by atoms with van der Waals surface area (Å²) in [5.41, 5.74) is 4.56. The normalized spacial score (nSPS) is 18.5. The van der Waals surface area contributed by atoms with Crippen molar-refractivity contribution in [1.82, 2.24) is 10.2 Å². The summed E-state index contributed by atoms with van der Waals surface area (Å²) in [6, 6.07) is 21.0. The lowest BCUT2D eigenvalue weighted by molar-refractivity contribution is -0.129. The van der Waals surface area contributed by atoms with E-state index in [1.165, 1.54) is 11.1 Å². The summed E-state index contributed by atoms with van der Waals surface area (Å²) in [5, 5.41) is 3.58. The number of nitrogens with zero attached hydrogens (tertiary/aromatic N) is 1. The largest absolute Gasteiger partial charge is 0.317 e. The van der Waals surface area contributed by atoms with Crippen LogP contribution in [0.2, 0.25) is 0 Å². The van der Waals surface area contributed by atoms with E-state index >= 15 is 0 Å². The summed E-state index contributed by atoms with van der Waals surface area (Å²) >= 11 is 0. The van der Waals surface area contributed by atoms with Crippen LogP contribution in [0.4, 0.5) is 0 Å². The number of rotatable bonds is 7. The molecule has 0 unspecified atom stereocenters. The summed E-state index contributed by atoms with van der Waals surface area (Å²) in [6.45, 7) is 6.92. The Hall–Kier alpha value is -2.39. The van der Waals surface area contributed by atoms with Crippen LogP contribution >= 0.6 is 0 Å². The summed E-state index contributed by atoms with van der Waals surface area (Å²) in [4.78, 5) is 14.8. The highest BCUT2D eigenvalue weighted by Gasteiger charge is 2.37. The van der Waals surface area contributed by atoms with Gasteiger partial charge in [-0.15, -0.1) is 0 Å². The summed E-state index contributed by atoms with van der Waals surface area (Å²) in [7, 11) is 0. The molecule has 0 saturated carbocycles. The molecule has 0 saturated heterocycles. The van der Waals surface area contributed by atoms with E-state index in [-0.39, 0.29) is 18.1 Å². The molecule has 3 nitrogen and oxygen atoms in total. The standard InChI is InChI=1S/C23H28N2O/c1-17(14-15-20-10-6-4-7-11-20)25-22(18(2)19(3)23(25)26)24-16-21-12-8-5-9-13-21/h4-13,17,22,24H,14-16H2,1-3H3/t17-,22+/m0/s1. The monoisotopic (exact) mass is 348 g/mol. The first kappa shape index (κ1) is 18.4. The van der Waals surface area contributed by atoms with Crippen LogP contribution in [0.1, 0.15) is 38.3 Å². The zero-order chi connectivity index (χ0) is 18.5.